The Morgan fingerprint density at radius 2 is 2.13 bits per heavy atom. The Balaban J connectivity index is 1.92. The molecule has 1 amide bonds. The maximum absolute atomic E-state index is 11.7. The van der Waals surface area contributed by atoms with Gasteiger partial charge in [0, 0.05) is 22.7 Å². The lowest BCUT2D eigenvalue weighted by atomic mass is 9.99. The molecule has 6 nitrogen and oxygen atoms in total. The third-order valence-corrected chi connectivity index (χ3v) is 6.36. The van der Waals surface area contributed by atoms with Crippen LogP contribution < -0.4 is 11.1 Å². The van der Waals surface area contributed by atoms with E-state index in [4.69, 9.17) is 10.7 Å². The van der Waals surface area contributed by atoms with Crippen LogP contribution in [0.5, 0.6) is 0 Å². The highest BCUT2D eigenvalue weighted by molar-refractivity contribution is 7.16. The molecule has 4 heterocycles. The Morgan fingerprint density at radius 1 is 1.35 bits per heavy atom. The molecule has 0 saturated heterocycles. The molecule has 8 heteroatoms. The van der Waals surface area contributed by atoms with Crippen LogP contribution in [0.3, 0.4) is 0 Å². The highest BCUT2D eigenvalue weighted by atomic mass is 32.1. The van der Waals surface area contributed by atoms with Crippen LogP contribution in [-0.4, -0.2) is 27.0 Å². The standard InChI is InChI=1S/C15H17N5OS2/c1-6-10(14(16)21)7(2)22-13(6)11-12-9(4-5-17-11)18-15-20(12)19-8(3)23-15/h11,17H,4-5H2,1-3H3,(H2,16,21). The van der Waals surface area contributed by atoms with Crippen LogP contribution in [0.2, 0.25) is 0 Å². The molecule has 3 aromatic heterocycles. The number of nitrogens with two attached hydrogens (primary N) is 1. The molecule has 1 atom stereocenters. The molecule has 120 valence electrons. The molecule has 0 radical (unpaired) electrons. The van der Waals surface area contributed by atoms with Crippen LogP contribution in [0.1, 0.15) is 48.1 Å². The second-order valence-corrected chi connectivity index (χ2v) is 8.20. The first-order valence-corrected chi connectivity index (χ1v) is 9.08. The number of primary amides is 1. The van der Waals surface area contributed by atoms with Gasteiger partial charge >= 0.3 is 0 Å². The summed E-state index contributed by atoms with van der Waals surface area (Å²) in [5.74, 6) is -0.360. The number of imidazole rings is 1. The van der Waals surface area contributed by atoms with Crippen molar-refractivity contribution in [1.29, 1.82) is 0 Å². The van der Waals surface area contributed by atoms with E-state index in [0.717, 1.165) is 49.6 Å². The summed E-state index contributed by atoms with van der Waals surface area (Å²) in [6.45, 7) is 6.77. The highest BCUT2D eigenvalue weighted by Crippen LogP contribution is 2.38. The third kappa shape index (κ3) is 2.13. The number of rotatable bonds is 2. The number of carbonyl (C=O) groups is 1. The van der Waals surface area contributed by atoms with Gasteiger partial charge in [-0.3, -0.25) is 4.79 Å². The molecular formula is C15H17N5OS2. The number of carbonyl (C=O) groups excluding carboxylic acids is 1. The van der Waals surface area contributed by atoms with Crippen LogP contribution in [0.25, 0.3) is 4.96 Å². The first-order chi connectivity index (χ1) is 11.0. The molecular weight excluding hydrogens is 330 g/mol. The van der Waals surface area contributed by atoms with Gasteiger partial charge < -0.3 is 11.1 Å². The van der Waals surface area contributed by atoms with Crippen molar-refractivity contribution < 1.29 is 4.79 Å². The predicted molar refractivity (Wildman–Crippen MR) is 91.5 cm³/mol. The summed E-state index contributed by atoms with van der Waals surface area (Å²) in [7, 11) is 0. The minimum absolute atomic E-state index is 0.00653. The zero-order valence-electron chi connectivity index (χ0n) is 13.1. The smallest absolute Gasteiger partial charge is 0.250 e. The molecule has 1 aliphatic rings. The molecule has 0 saturated carbocycles. The van der Waals surface area contributed by atoms with Crippen LogP contribution in [0.15, 0.2) is 0 Å². The Kier molecular flexibility index (Phi) is 3.29. The minimum Gasteiger partial charge on any atom is -0.366 e. The maximum Gasteiger partial charge on any atom is 0.250 e. The van der Waals surface area contributed by atoms with Crippen molar-refractivity contribution in [2.24, 2.45) is 5.73 Å². The lowest BCUT2D eigenvalue weighted by Crippen LogP contribution is -2.31. The van der Waals surface area contributed by atoms with Crippen molar-refractivity contribution in [3.8, 4) is 0 Å². The summed E-state index contributed by atoms with van der Waals surface area (Å²) in [6.07, 6.45) is 0.896. The summed E-state index contributed by atoms with van der Waals surface area (Å²) in [6, 6.07) is 0.00653. The van der Waals surface area contributed by atoms with Crippen molar-refractivity contribution in [3.63, 3.8) is 0 Å². The predicted octanol–water partition coefficient (Wildman–Crippen LogP) is 2.11. The van der Waals surface area contributed by atoms with Gasteiger partial charge in [-0.1, -0.05) is 11.3 Å². The fourth-order valence-electron chi connectivity index (χ4n) is 3.34. The summed E-state index contributed by atoms with van der Waals surface area (Å²) in [5, 5.41) is 9.16. The highest BCUT2D eigenvalue weighted by Gasteiger charge is 2.32. The number of aryl methyl sites for hydroxylation is 2. The van der Waals surface area contributed by atoms with Crippen molar-refractivity contribution in [3.05, 3.63) is 37.3 Å². The third-order valence-electron chi connectivity index (χ3n) is 4.27. The van der Waals surface area contributed by atoms with E-state index in [2.05, 4.69) is 10.4 Å². The molecule has 3 N–H and O–H groups in total. The van der Waals surface area contributed by atoms with Crippen molar-refractivity contribution in [1.82, 2.24) is 19.9 Å². The number of aromatic nitrogens is 3. The normalized spacial score (nSPS) is 17.6. The van der Waals surface area contributed by atoms with Gasteiger partial charge in [-0.05, 0) is 26.3 Å². The molecule has 0 bridgehead atoms. The minimum atomic E-state index is -0.360. The summed E-state index contributed by atoms with van der Waals surface area (Å²) < 4.78 is 1.95. The van der Waals surface area contributed by atoms with Crippen molar-refractivity contribution >= 4 is 33.5 Å². The van der Waals surface area contributed by atoms with E-state index in [-0.39, 0.29) is 11.9 Å². The van der Waals surface area contributed by atoms with Gasteiger partial charge in [-0.25, -0.2) is 9.50 Å². The summed E-state index contributed by atoms with van der Waals surface area (Å²) in [4.78, 5) is 19.5. The van der Waals surface area contributed by atoms with E-state index < -0.39 is 0 Å². The molecule has 3 aromatic rings. The zero-order chi connectivity index (χ0) is 16.3. The molecule has 0 fully saturated rings. The summed E-state index contributed by atoms with van der Waals surface area (Å²) in [5.41, 5.74) is 9.35. The monoisotopic (exact) mass is 347 g/mol. The van der Waals surface area contributed by atoms with Gasteiger partial charge in [0.15, 0.2) is 0 Å². The Morgan fingerprint density at radius 3 is 2.83 bits per heavy atom. The largest absolute Gasteiger partial charge is 0.366 e. The second-order valence-electron chi connectivity index (χ2n) is 5.78. The first kappa shape index (κ1) is 14.8. The van der Waals surface area contributed by atoms with Crippen molar-refractivity contribution in [2.45, 2.75) is 33.2 Å². The molecule has 23 heavy (non-hydrogen) atoms. The van der Waals surface area contributed by atoms with E-state index in [1.54, 1.807) is 22.7 Å². The fourth-order valence-corrected chi connectivity index (χ4v) is 5.36. The summed E-state index contributed by atoms with van der Waals surface area (Å²) >= 11 is 3.23. The Bertz CT molecular complexity index is 936. The van der Waals surface area contributed by atoms with Gasteiger partial charge in [0.25, 0.3) is 0 Å². The number of nitrogens with one attached hydrogen (secondary N) is 1. The average molecular weight is 347 g/mol. The quantitative estimate of drug-likeness (QED) is 0.743. The number of hydrogen-bond donors (Lipinski definition) is 2. The molecule has 1 aliphatic heterocycles. The van der Waals surface area contributed by atoms with E-state index in [9.17, 15) is 4.79 Å². The van der Waals surface area contributed by atoms with Gasteiger partial charge in [-0.15, -0.1) is 11.3 Å². The number of thiophene rings is 1. The number of hydrogen-bond acceptors (Lipinski definition) is 6. The number of amides is 1. The van der Waals surface area contributed by atoms with Gasteiger partial charge in [0.1, 0.15) is 5.01 Å². The van der Waals surface area contributed by atoms with Crippen molar-refractivity contribution in [2.75, 3.05) is 6.54 Å². The van der Waals surface area contributed by atoms with E-state index >= 15 is 0 Å². The topological polar surface area (TPSA) is 85.3 Å². The lowest BCUT2D eigenvalue weighted by molar-refractivity contribution is 0.0999. The average Bonchev–Trinajstić information content (AvgIpc) is 3.08. The molecule has 0 aliphatic carbocycles. The maximum atomic E-state index is 11.7. The lowest BCUT2D eigenvalue weighted by Gasteiger charge is -2.23. The van der Waals surface area contributed by atoms with Gasteiger partial charge in [0.05, 0.1) is 23.0 Å². The SMILES string of the molecule is Cc1nn2c3c(nc2s1)CCNC3c1sc(C)c(C(N)=O)c1C. The van der Waals surface area contributed by atoms with Gasteiger partial charge in [0.2, 0.25) is 10.9 Å². The Labute approximate surface area is 141 Å². The van der Waals surface area contributed by atoms with Crippen LogP contribution >= 0.6 is 22.7 Å². The zero-order valence-corrected chi connectivity index (χ0v) is 14.8. The Hall–Kier alpha value is -1.77. The van der Waals surface area contributed by atoms with E-state index in [1.165, 1.54) is 0 Å². The van der Waals surface area contributed by atoms with E-state index in [0.29, 0.717) is 5.56 Å². The molecule has 4 rings (SSSR count). The second kappa shape index (κ2) is 5.12. The van der Waals surface area contributed by atoms with Crippen LogP contribution in [0.4, 0.5) is 0 Å². The molecule has 0 aromatic carbocycles. The van der Waals surface area contributed by atoms with Crippen LogP contribution in [-0.2, 0) is 6.42 Å². The molecule has 0 spiro atoms. The first-order valence-electron chi connectivity index (χ1n) is 7.45. The van der Waals surface area contributed by atoms with Gasteiger partial charge in [-0.2, -0.15) is 5.10 Å². The number of fused-ring (bicyclic) bond motifs is 3. The van der Waals surface area contributed by atoms with E-state index in [1.807, 2.05) is 25.3 Å². The molecule has 1 unspecified atom stereocenters. The van der Waals surface area contributed by atoms with Crippen LogP contribution in [0, 0.1) is 20.8 Å². The fraction of sp³-hybridized carbons (Fsp3) is 0.400. The number of nitrogens with zero attached hydrogens (tertiary/aromatic N) is 3.